The molecule has 0 unspecified atom stereocenters. The Hall–Kier alpha value is -0.870. The Morgan fingerprint density at radius 3 is 2.83 bits per heavy atom. The van der Waals surface area contributed by atoms with Crippen molar-refractivity contribution in [2.24, 2.45) is 0 Å². The number of rotatable bonds is 2. The summed E-state index contributed by atoms with van der Waals surface area (Å²) in [4.78, 5) is 8.73. The number of aromatic nitrogens is 2. The van der Waals surface area contributed by atoms with Gasteiger partial charge in [-0.15, -0.1) is 22.9 Å². The number of nitrogens with zero attached hydrogens (tertiary/aromatic N) is 2. The van der Waals surface area contributed by atoms with Crippen molar-refractivity contribution >= 4 is 39.0 Å². The van der Waals surface area contributed by atoms with Gasteiger partial charge in [-0.05, 0) is 43.6 Å². The van der Waals surface area contributed by atoms with Crippen LogP contribution in [0.4, 0.5) is 5.82 Å². The molecule has 1 aliphatic carbocycles. The van der Waals surface area contributed by atoms with Crippen molar-refractivity contribution in [1.29, 1.82) is 0 Å². The quantitative estimate of drug-likeness (QED) is 0.847. The second-order valence-corrected chi connectivity index (χ2v) is 6.41. The van der Waals surface area contributed by atoms with Crippen molar-refractivity contribution in [2.75, 3.05) is 5.32 Å². The average molecular weight is 282 g/mol. The maximum absolute atomic E-state index is 6.13. The van der Waals surface area contributed by atoms with Gasteiger partial charge in [-0.1, -0.05) is 0 Å². The van der Waals surface area contributed by atoms with E-state index in [1.807, 2.05) is 0 Å². The van der Waals surface area contributed by atoms with Gasteiger partial charge in [0.05, 0.1) is 10.2 Å². The second kappa shape index (κ2) is 5.02. The van der Waals surface area contributed by atoms with E-state index in [9.17, 15) is 0 Å². The Balaban J connectivity index is 1.82. The van der Waals surface area contributed by atoms with Crippen LogP contribution in [-0.4, -0.2) is 21.4 Å². The molecule has 96 valence electrons. The SMILES string of the molecule is Cc1csc2c(NC3CCC(Cl)CC3)ncnc12. The Labute approximate surface area is 116 Å². The third-order valence-corrected chi connectivity index (χ3v) is 5.06. The van der Waals surface area contributed by atoms with Crippen LogP contribution in [0.15, 0.2) is 11.7 Å². The van der Waals surface area contributed by atoms with Gasteiger partial charge in [0.15, 0.2) is 0 Å². The zero-order chi connectivity index (χ0) is 12.5. The molecule has 0 radical (unpaired) electrons. The molecule has 2 aromatic rings. The lowest BCUT2D eigenvalue weighted by atomic mass is 9.95. The van der Waals surface area contributed by atoms with Gasteiger partial charge in [-0.3, -0.25) is 0 Å². The molecule has 0 saturated heterocycles. The van der Waals surface area contributed by atoms with Crippen LogP contribution in [0.2, 0.25) is 0 Å². The largest absolute Gasteiger partial charge is 0.366 e. The first-order valence-corrected chi connectivity index (χ1v) is 7.65. The number of halogens is 1. The maximum atomic E-state index is 6.13. The molecule has 3 rings (SSSR count). The summed E-state index contributed by atoms with van der Waals surface area (Å²) >= 11 is 7.85. The lowest BCUT2D eigenvalue weighted by Crippen LogP contribution is -2.26. The third kappa shape index (κ3) is 2.31. The lowest BCUT2D eigenvalue weighted by Gasteiger charge is -2.26. The van der Waals surface area contributed by atoms with Crippen LogP contribution in [0.25, 0.3) is 10.2 Å². The van der Waals surface area contributed by atoms with Gasteiger partial charge in [-0.2, -0.15) is 0 Å². The standard InChI is InChI=1S/C13H16ClN3S/c1-8-6-18-12-11(8)15-7-16-13(12)17-10-4-2-9(14)3-5-10/h6-7,9-10H,2-5H2,1H3,(H,15,16,17). The molecule has 18 heavy (non-hydrogen) atoms. The minimum Gasteiger partial charge on any atom is -0.366 e. The topological polar surface area (TPSA) is 37.8 Å². The van der Waals surface area contributed by atoms with Gasteiger partial charge in [-0.25, -0.2) is 9.97 Å². The molecule has 0 aromatic carbocycles. The molecule has 1 saturated carbocycles. The number of hydrogen-bond acceptors (Lipinski definition) is 4. The highest BCUT2D eigenvalue weighted by atomic mass is 35.5. The predicted octanol–water partition coefficient (Wildman–Crippen LogP) is 3.96. The molecule has 1 N–H and O–H groups in total. The van der Waals surface area contributed by atoms with Crippen LogP contribution < -0.4 is 5.32 Å². The summed E-state index contributed by atoms with van der Waals surface area (Å²) in [5.41, 5.74) is 2.30. The first kappa shape index (κ1) is 12.2. The first-order valence-electron chi connectivity index (χ1n) is 6.33. The molecule has 1 fully saturated rings. The predicted molar refractivity (Wildman–Crippen MR) is 77.7 cm³/mol. The highest BCUT2D eigenvalue weighted by Crippen LogP contribution is 2.31. The zero-order valence-corrected chi connectivity index (χ0v) is 11.9. The fourth-order valence-electron chi connectivity index (χ4n) is 2.46. The molecule has 1 aliphatic rings. The summed E-state index contributed by atoms with van der Waals surface area (Å²) in [5, 5.41) is 6.06. The van der Waals surface area contributed by atoms with E-state index in [-0.39, 0.29) is 0 Å². The summed E-state index contributed by atoms with van der Waals surface area (Å²) in [6.07, 6.45) is 6.10. The van der Waals surface area contributed by atoms with E-state index < -0.39 is 0 Å². The first-order chi connectivity index (χ1) is 8.74. The summed E-state index contributed by atoms with van der Waals surface area (Å²) in [5.74, 6) is 0.983. The van der Waals surface area contributed by atoms with Crippen LogP contribution in [0, 0.1) is 6.92 Å². The maximum Gasteiger partial charge on any atom is 0.147 e. The minimum atomic E-state index is 0.359. The molecule has 0 aliphatic heterocycles. The molecular formula is C13H16ClN3S. The molecular weight excluding hydrogens is 266 g/mol. The van der Waals surface area contributed by atoms with Gasteiger partial charge in [0.1, 0.15) is 12.1 Å². The van der Waals surface area contributed by atoms with E-state index in [1.54, 1.807) is 17.7 Å². The number of nitrogens with one attached hydrogen (secondary N) is 1. The molecule has 0 spiro atoms. The van der Waals surface area contributed by atoms with Crippen LogP contribution in [0.3, 0.4) is 0 Å². The normalized spacial score (nSPS) is 24.3. The molecule has 5 heteroatoms. The molecule has 3 nitrogen and oxygen atoms in total. The minimum absolute atomic E-state index is 0.359. The van der Waals surface area contributed by atoms with E-state index in [2.05, 4.69) is 27.6 Å². The van der Waals surface area contributed by atoms with Crippen LogP contribution in [0.1, 0.15) is 31.2 Å². The molecule has 0 amide bonds. The number of thiophene rings is 1. The summed E-state index contributed by atoms with van der Waals surface area (Å²) < 4.78 is 1.17. The number of aryl methyl sites for hydroxylation is 1. The summed E-state index contributed by atoms with van der Waals surface area (Å²) in [6.45, 7) is 2.09. The van der Waals surface area contributed by atoms with Crippen molar-refractivity contribution in [1.82, 2.24) is 9.97 Å². The fraction of sp³-hybridized carbons (Fsp3) is 0.538. The van der Waals surface area contributed by atoms with Crippen molar-refractivity contribution in [3.63, 3.8) is 0 Å². The highest BCUT2D eigenvalue weighted by molar-refractivity contribution is 7.18. The molecule has 0 bridgehead atoms. The Kier molecular flexibility index (Phi) is 3.39. The molecule has 2 heterocycles. The Morgan fingerprint density at radius 2 is 2.06 bits per heavy atom. The van der Waals surface area contributed by atoms with Gasteiger partial charge < -0.3 is 5.32 Å². The fourth-order valence-corrected chi connectivity index (χ4v) is 3.67. The number of fused-ring (bicyclic) bond motifs is 1. The Bertz CT molecular complexity index is 546. The number of alkyl halides is 1. The third-order valence-electron chi connectivity index (χ3n) is 3.53. The monoisotopic (exact) mass is 281 g/mol. The van der Waals surface area contributed by atoms with E-state index in [0.717, 1.165) is 37.0 Å². The van der Waals surface area contributed by atoms with Crippen LogP contribution >= 0.6 is 22.9 Å². The van der Waals surface area contributed by atoms with E-state index in [4.69, 9.17) is 11.6 Å². The summed E-state index contributed by atoms with van der Waals surface area (Å²) in [7, 11) is 0. The van der Waals surface area contributed by atoms with E-state index in [0.29, 0.717) is 11.4 Å². The van der Waals surface area contributed by atoms with Crippen molar-refractivity contribution in [3.8, 4) is 0 Å². The van der Waals surface area contributed by atoms with Crippen molar-refractivity contribution < 1.29 is 0 Å². The van der Waals surface area contributed by atoms with E-state index in [1.165, 1.54) is 10.3 Å². The van der Waals surface area contributed by atoms with Crippen molar-refractivity contribution in [3.05, 3.63) is 17.3 Å². The van der Waals surface area contributed by atoms with E-state index >= 15 is 0 Å². The second-order valence-electron chi connectivity index (χ2n) is 4.91. The van der Waals surface area contributed by atoms with Gasteiger partial charge in [0, 0.05) is 11.4 Å². The van der Waals surface area contributed by atoms with Gasteiger partial charge >= 0.3 is 0 Å². The zero-order valence-electron chi connectivity index (χ0n) is 10.3. The molecule has 0 atom stereocenters. The Morgan fingerprint density at radius 1 is 1.28 bits per heavy atom. The highest BCUT2D eigenvalue weighted by Gasteiger charge is 2.20. The number of hydrogen-bond donors (Lipinski definition) is 1. The average Bonchev–Trinajstić information content (AvgIpc) is 2.76. The van der Waals surface area contributed by atoms with Crippen LogP contribution in [0.5, 0.6) is 0 Å². The van der Waals surface area contributed by atoms with Gasteiger partial charge in [0.2, 0.25) is 0 Å². The number of anilines is 1. The van der Waals surface area contributed by atoms with Gasteiger partial charge in [0.25, 0.3) is 0 Å². The molecule has 2 aromatic heterocycles. The smallest absolute Gasteiger partial charge is 0.147 e. The lowest BCUT2D eigenvalue weighted by molar-refractivity contribution is 0.468. The van der Waals surface area contributed by atoms with Crippen molar-refractivity contribution in [2.45, 2.75) is 44.0 Å². The summed E-state index contributed by atoms with van der Waals surface area (Å²) in [6, 6.07) is 0.500. The van der Waals surface area contributed by atoms with Crippen LogP contribution in [-0.2, 0) is 0 Å².